The van der Waals surface area contributed by atoms with Crippen molar-refractivity contribution >= 4 is 15.9 Å². The first-order chi connectivity index (χ1) is 6.52. The van der Waals surface area contributed by atoms with Gasteiger partial charge in [0.15, 0.2) is 0 Å². The van der Waals surface area contributed by atoms with Crippen LogP contribution in [0.15, 0.2) is 0 Å². The van der Waals surface area contributed by atoms with Gasteiger partial charge in [0.1, 0.15) is 0 Å². The highest BCUT2D eigenvalue weighted by molar-refractivity contribution is 9.09. The summed E-state index contributed by atoms with van der Waals surface area (Å²) in [4.78, 5) is 3.37. The van der Waals surface area contributed by atoms with Gasteiger partial charge in [0.05, 0.1) is 0 Å². The normalized spacial score (nSPS) is 32.1. The maximum atomic E-state index is 3.79. The van der Waals surface area contributed by atoms with Crippen molar-refractivity contribution in [2.75, 3.05) is 6.54 Å². The Morgan fingerprint density at radius 1 is 1.36 bits per heavy atom. The van der Waals surface area contributed by atoms with Crippen LogP contribution < -0.4 is 0 Å². The molecule has 0 aromatic heterocycles. The first kappa shape index (κ1) is 12.5. The van der Waals surface area contributed by atoms with Crippen molar-refractivity contribution in [2.24, 2.45) is 5.92 Å². The number of piperidine rings is 1. The topological polar surface area (TPSA) is 3.24 Å². The quantitative estimate of drug-likeness (QED) is 0.701. The highest BCUT2D eigenvalue weighted by Crippen LogP contribution is 2.27. The standard InChI is InChI=1S/C12H24BrN/c1-9(2)8-10(3)14-7-5-6-12(13)11(14)4/h9-12H,5-8H2,1-4H3. The molecule has 1 fully saturated rings. The number of nitrogens with zero attached hydrogens (tertiary/aromatic N) is 1. The van der Waals surface area contributed by atoms with E-state index in [0.29, 0.717) is 10.9 Å². The Morgan fingerprint density at radius 3 is 2.57 bits per heavy atom. The third kappa shape index (κ3) is 3.23. The number of hydrogen-bond donors (Lipinski definition) is 0. The maximum absolute atomic E-state index is 3.79. The average molecular weight is 262 g/mol. The van der Waals surface area contributed by atoms with Gasteiger partial charge in [0.25, 0.3) is 0 Å². The monoisotopic (exact) mass is 261 g/mol. The Kier molecular flexibility index (Phi) is 4.92. The summed E-state index contributed by atoms with van der Waals surface area (Å²) >= 11 is 3.79. The minimum Gasteiger partial charge on any atom is -0.297 e. The van der Waals surface area contributed by atoms with E-state index in [-0.39, 0.29) is 0 Å². The van der Waals surface area contributed by atoms with Gasteiger partial charge in [0.2, 0.25) is 0 Å². The molecule has 84 valence electrons. The lowest BCUT2D eigenvalue weighted by Gasteiger charge is -2.41. The fourth-order valence-electron chi connectivity index (χ4n) is 2.56. The summed E-state index contributed by atoms with van der Waals surface area (Å²) in [6, 6.07) is 1.45. The van der Waals surface area contributed by atoms with E-state index < -0.39 is 0 Å². The van der Waals surface area contributed by atoms with Gasteiger partial charge in [-0.05, 0) is 45.6 Å². The summed E-state index contributed by atoms with van der Waals surface area (Å²) in [5.74, 6) is 0.813. The van der Waals surface area contributed by atoms with Crippen molar-refractivity contribution in [3.8, 4) is 0 Å². The van der Waals surface area contributed by atoms with Gasteiger partial charge in [-0.25, -0.2) is 0 Å². The zero-order valence-corrected chi connectivity index (χ0v) is 11.5. The van der Waals surface area contributed by atoms with E-state index in [0.717, 1.165) is 12.0 Å². The molecule has 0 aromatic rings. The van der Waals surface area contributed by atoms with Crippen LogP contribution in [0.25, 0.3) is 0 Å². The molecule has 1 aliphatic heterocycles. The fourth-order valence-corrected chi connectivity index (χ4v) is 3.19. The Labute approximate surface area is 97.4 Å². The van der Waals surface area contributed by atoms with Crippen LogP contribution in [0.5, 0.6) is 0 Å². The van der Waals surface area contributed by atoms with Crippen molar-refractivity contribution in [3.05, 3.63) is 0 Å². The smallest absolute Gasteiger partial charge is 0.0299 e. The van der Waals surface area contributed by atoms with Crippen LogP contribution in [0.2, 0.25) is 0 Å². The van der Waals surface area contributed by atoms with Gasteiger partial charge < -0.3 is 0 Å². The summed E-state index contributed by atoms with van der Waals surface area (Å²) in [6.07, 6.45) is 4.01. The molecule has 0 radical (unpaired) electrons. The highest BCUT2D eigenvalue weighted by atomic mass is 79.9. The van der Waals surface area contributed by atoms with Crippen molar-refractivity contribution < 1.29 is 0 Å². The summed E-state index contributed by atoms with van der Waals surface area (Å²) < 4.78 is 0. The highest BCUT2D eigenvalue weighted by Gasteiger charge is 2.29. The average Bonchev–Trinajstić information content (AvgIpc) is 2.08. The molecular weight excluding hydrogens is 238 g/mol. The van der Waals surface area contributed by atoms with Gasteiger partial charge in [0, 0.05) is 16.9 Å². The molecule has 3 atom stereocenters. The molecule has 0 aliphatic carbocycles. The third-order valence-corrected chi connectivity index (χ3v) is 4.54. The molecular formula is C12H24BrN. The molecule has 1 aliphatic rings. The Bertz CT molecular complexity index is 170. The van der Waals surface area contributed by atoms with Gasteiger partial charge in [-0.1, -0.05) is 29.8 Å². The Morgan fingerprint density at radius 2 is 2.00 bits per heavy atom. The van der Waals surface area contributed by atoms with E-state index in [9.17, 15) is 0 Å². The predicted molar refractivity (Wildman–Crippen MR) is 67.0 cm³/mol. The van der Waals surface area contributed by atoms with Gasteiger partial charge in [-0.3, -0.25) is 4.90 Å². The lowest BCUT2D eigenvalue weighted by Crippen LogP contribution is -2.48. The SMILES string of the molecule is CC(C)CC(C)N1CCCC(Br)C1C. The number of alkyl halides is 1. The van der Waals surface area contributed by atoms with Gasteiger partial charge in [-0.2, -0.15) is 0 Å². The molecule has 0 bridgehead atoms. The fraction of sp³-hybridized carbons (Fsp3) is 1.00. The minimum absolute atomic E-state index is 0.700. The maximum Gasteiger partial charge on any atom is 0.0299 e. The van der Waals surface area contributed by atoms with E-state index in [1.54, 1.807) is 0 Å². The molecule has 1 heterocycles. The van der Waals surface area contributed by atoms with E-state index in [1.807, 2.05) is 0 Å². The van der Waals surface area contributed by atoms with E-state index >= 15 is 0 Å². The predicted octanol–water partition coefficient (Wildman–Crippen LogP) is 3.67. The molecule has 0 spiro atoms. The van der Waals surface area contributed by atoms with Crippen molar-refractivity contribution in [2.45, 2.75) is 63.9 Å². The summed E-state index contributed by atoms with van der Waals surface area (Å²) in [7, 11) is 0. The minimum atomic E-state index is 0.700. The molecule has 3 unspecified atom stereocenters. The molecule has 0 N–H and O–H groups in total. The number of hydrogen-bond acceptors (Lipinski definition) is 1. The lowest BCUT2D eigenvalue weighted by atomic mass is 9.97. The van der Waals surface area contributed by atoms with Gasteiger partial charge in [-0.15, -0.1) is 0 Å². The first-order valence-corrected chi connectivity index (χ1v) is 6.83. The zero-order chi connectivity index (χ0) is 10.7. The third-order valence-electron chi connectivity index (χ3n) is 3.32. The second kappa shape index (κ2) is 5.50. The largest absolute Gasteiger partial charge is 0.297 e. The lowest BCUT2D eigenvalue weighted by molar-refractivity contribution is 0.108. The van der Waals surface area contributed by atoms with Crippen LogP contribution in [0.1, 0.15) is 47.0 Å². The Hall–Kier alpha value is 0.440. The molecule has 0 saturated carbocycles. The Balaban J connectivity index is 2.48. The van der Waals surface area contributed by atoms with Crippen LogP contribution in [-0.4, -0.2) is 28.4 Å². The molecule has 1 rings (SSSR count). The number of rotatable bonds is 3. The molecule has 1 nitrogen and oxygen atoms in total. The van der Waals surface area contributed by atoms with Crippen LogP contribution in [0, 0.1) is 5.92 Å². The van der Waals surface area contributed by atoms with Gasteiger partial charge >= 0.3 is 0 Å². The van der Waals surface area contributed by atoms with E-state index in [4.69, 9.17) is 0 Å². The molecule has 0 aromatic carbocycles. The molecule has 1 saturated heterocycles. The van der Waals surface area contributed by atoms with E-state index in [1.165, 1.54) is 25.8 Å². The summed E-state index contributed by atoms with van der Waals surface area (Å²) in [5, 5.41) is 0. The van der Waals surface area contributed by atoms with Crippen molar-refractivity contribution in [3.63, 3.8) is 0 Å². The van der Waals surface area contributed by atoms with Crippen LogP contribution in [0.4, 0.5) is 0 Å². The van der Waals surface area contributed by atoms with Crippen molar-refractivity contribution in [1.82, 2.24) is 4.90 Å². The first-order valence-electron chi connectivity index (χ1n) is 5.92. The number of halogens is 1. The summed E-state index contributed by atoms with van der Waals surface area (Å²) in [5.41, 5.74) is 0. The van der Waals surface area contributed by atoms with Crippen molar-refractivity contribution in [1.29, 1.82) is 0 Å². The molecule has 0 amide bonds. The summed E-state index contributed by atoms with van der Waals surface area (Å²) in [6.45, 7) is 10.7. The second-order valence-electron chi connectivity index (χ2n) is 5.12. The van der Waals surface area contributed by atoms with Crippen LogP contribution >= 0.6 is 15.9 Å². The number of likely N-dealkylation sites (tertiary alicyclic amines) is 1. The molecule has 2 heteroatoms. The van der Waals surface area contributed by atoms with Crippen LogP contribution in [0.3, 0.4) is 0 Å². The van der Waals surface area contributed by atoms with E-state index in [2.05, 4.69) is 48.5 Å². The van der Waals surface area contributed by atoms with Crippen LogP contribution in [-0.2, 0) is 0 Å². The molecule has 14 heavy (non-hydrogen) atoms. The second-order valence-corrected chi connectivity index (χ2v) is 6.29. The zero-order valence-electron chi connectivity index (χ0n) is 9.96.